The maximum Gasteiger partial charge on any atom is 0.226 e. The first kappa shape index (κ1) is 25.0. The van der Waals surface area contributed by atoms with Gasteiger partial charge < -0.3 is 4.90 Å². The molecular weight excluding hydrogens is 342 g/mol. The van der Waals surface area contributed by atoms with Gasteiger partial charge in [-0.15, -0.1) is 0 Å². The van der Waals surface area contributed by atoms with Crippen LogP contribution < -0.4 is 0 Å². The van der Waals surface area contributed by atoms with Gasteiger partial charge in [-0.25, -0.2) is 0 Å². The van der Waals surface area contributed by atoms with Crippen molar-refractivity contribution in [1.82, 2.24) is 4.90 Å². The van der Waals surface area contributed by atoms with E-state index < -0.39 is 0 Å². The lowest BCUT2D eigenvalue weighted by molar-refractivity contribution is -0.125. The van der Waals surface area contributed by atoms with E-state index >= 15 is 0 Å². The zero-order valence-corrected chi connectivity index (χ0v) is 18.8. The first-order valence-electron chi connectivity index (χ1n) is 12.5. The molecule has 1 aliphatic rings. The molecule has 0 bridgehead atoms. The molecule has 0 aromatic heterocycles. The number of likely N-dealkylation sites (tertiary alicyclic amines) is 1. The largest absolute Gasteiger partial charge is 0.319 e. The van der Waals surface area contributed by atoms with Crippen LogP contribution in [0.3, 0.4) is 0 Å². The highest BCUT2D eigenvalue weighted by atomic mass is 16.2. The van der Waals surface area contributed by atoms with E-state index in [4.69, 9.17) is 0 Å². The van der Waals surface area contributed by atoms with Crippen molar-refractivity contribution in [3.8, 4) is 0 Å². The summed E-state index contributed by atoms with van der Waals surface area (Å²) < 4.78 is 0. The minimum absolute atomic E-state index is 0.266. The maximum absolute atomic E-state index is 11.5. The molecule has 1 heterocycles. The molecule has 28 heavy (non-hydrogen) atoms. The second-order valence-corrected chi connectivity index (χ2v) is 8.55. The summed E-state index contributed by atoms with van der Waals surface area (Å²) in [6.07, 6.45) is 33.9. The van der Waals surface area contributed by atoms with E-state index in [1.807, 2.05) is 17.2 Å². The second kappa shape index (κ2) is 19.3. The number of rotatable bonds is 19. The van der Waals surface area contributed by atoms with Crippen molar-refractivity contribution in [2.24, 2.45) is 0 Å². The number of amides is 1. The lowest BCUT2D eigenvalue weighted by Crippen LogP contribution is -2.16. The highest BCUT2D eigenvalue weighted by Gasteiger charge is 2.16. The van der Waals surface area contributed by atoms with E-state index in [0.717, 1.165) is 19.4 Å². The van der Waals surface area contributed by atoms with Crippen LogP contribution in [0.2, 0.25) is 0 Å². The van der Waals surface area contributed by atoms with Crippen LogP contribution >= 0.6 is 0 Å². The maximum atomic E-state index is 11.5. The molecule has 0 radical (unpaired) electrons. The molecule has 1 fully saturated rings. The summed E-state index contributed by atoms with van der Waals surface area (Å²) in [6, 6.07) is 0. The van der Waals surface area contributed by atoms with Gasteiger partial charge in [0.25, 0.3) is 0 Å². The number of hydrogen-bond acceptors (Lipinski definition) is 1. The summed E-state index contributed by atoms with van der Waals surface area (Å²) in [5.41, 5.74) is 0. The monoisotopic (exact) mass is 389 g/mol. The first-order chi connectivity index (χ1) is 13.8. The lowest BCUT2D eigenvalue weighted by Gasteiger charge is -2.06. The third-order valence-electron chi connectivity index (χ3n) is 5.85. The zero-order chi connectivity index (χ0) is 20.1. The van der Waals surface area contributed by atoms with Crippen molar-refractivity contribution in [2.75, 3.05) is 6.54 Å². The van der Waals surface area contributed by atoms with Crippen LogP contribution in [0.15, 0.2) is 24.4 Å². The molecule has 1 saturated heterocycles. The van der Waals surface area contributed by atoms with Gasteiger partial charge in [-0.3, -0.25) is 4.79 Å². The molecule has 0 aliphatic carbocycles. The Bertz CT molecular complexity index is 413. The molecule has 2 heteroatoms. The number of carbonyl (C=O) groups excluding carboxylic acids is 1. The average Bonchev–Trinajstić information content (AvgIpc) is 3.11. The van der Waals surface area contributed by atoms with Crippen LogP contribution in [0.1, 0.15) is 129 Å². The van der Waals surface area contributed by atoms with Gasteiger partial charge in [0.2, 0.25) is 5.91 Å². The van der Waals surface area contributed by atoms with Gasteiger partial charge in [-0.05, 0) is 25.3 Å². The Kier molecular flexibility index (Phi) is 17.2. The first-order valence-corrected chi connectivity index (χ1v) is 12.5. The van der Waals surface area contributed by atoms with Crippen molar-refractivity contribution in [3.63, 3.8) is 0 Å². The fourth-order valence-electron chi connectivity index (χ4n) is 3.97. The predicted molar refractivity (Wildman–Crippen MR) is 123 cm³/mol. The van der Waals surface area contributed by atoms with Crippen LogP contribution in [0.5, 0.6) is 0 Å². The Morgan fingerprint density at radius 1 is 0.714 bits per heavy atom. The molecule has 0 unspecified atom stereocenters. The Hall–Kier alpha value is -1.05. The van der Waals surface area contributed by atoms with Gasteiger partial charge >= 0.3 is 0 Å². The highest BCUT2D eigenvalue weighted by Crippen LogP contribution is 2.14. The summed E-state index contributed by atoms with van der Waals surface area (Å²) in [4.78, 5) is 13.3. The van der Waals surface area contributed by atoms with E-state index in [1.165, 1.54) is 103 Å². The number of hydrogen-bond donors (Lipinski definition) is 0. The minimum Gasteiger partial charge on any atom is -0.319 e. The summed E-state index contributed by atoms with van der Waals surface area (Å²) in [6.45, 7) is 3.18. The van der Waals surface area contributed by atoms with Crippen molar-refractivity contribution in [2.45, 2.75) is 129 Å². The third-order valence-corrected chi connectivity index (χ3v) is 5.85. The van der Waals surface area contributed by atoms with Gasteiger partial charge in [-0.1, -0.05) is 115 Å². The van der Waals surface area contributed by atoms with Crippen molar-refractivity contribution < 1.29 is 4.79 Å². The smallest absolute Gasteiger partial charge is 0.226 e. The lowest BCUT2D eigenvalue weighted by atomic mass is 10.0. The molecule has 0 aromatic rings. The zero-order valence-electron chi connectivity index (χ0n) is 18.8. The Morgan fingerprint density at radius 2 is 1.21 bits per heavy atom. The normalized spacial score (nSPS) is 14.9. The van der Waals surface area contributed by atoms with Gasteiger partial charge in [0, 0.05) is 19.2 Å². The van der Waals surface area contributed by atoms with Crippen molar-refractivity contribution in [1.29, 1.82) is 0 Å². The fourth-order valence-corrected chi connectivity index (χ4v) is 3.97. The van der Waals surface area contributed by atoms with E-state index in [0.29, 0.717) is 6.42 Å². The number of carbonyl (C=O) groups is 1. The second-order valence-electron chi connectivity index (χ2n) is 8.55. The topological polar surface area (TPSA) is 20.3 Å². The molecular formula is C26H47NO. The number of allylic oxidation sites excluding steroid dienone is 3. The molecule has 0 N–H and O–H groups in total. The van der Waals surface area contributed by atoms with E-state index in [1.54, 1.807) is 0 Å². The van der Waals surface area contributed by atoms with Gasteiger partial charge in [-0.2, -0.15) is 0 Å². The third kappa shape index (κ3) is 14.9. The standard InChI is InChI=1S/C26H47NO/c1-2-3-4-5-6-7-8-9-10-11-12-13-14-15-16-17-18-19-20-21-24-27-25-22-23-26(27)28/h19-21,24H,2-18,22-23,25H2,1H3. The molecule has 0 spiro atoms. The Balaban J connectivity index is 1.73. The molecule has 162 valence electrons. The summed E-state index contributed by atoms with van der Waals surface area (Å²) in [5.74, 6) is 0.266. The SMILES string of the molecule is CCCCCCCCCCCCCCCCCCC=CC=CN1CCCC1=O. The van der Waals surface area contributed by atoms with Crippen LogP contribution in [-0.2, 0) is 4.79 Å². The molecule has 1 aliphatic heterocycles. The Labute approximate surface area is 175 Å². The van der Waals surface area contributed by atoms with Gasteiger partial charge in [0.1, 0.15) is 0 Å². The van der Waals surface area contributed by atoms with E-state index in [2.05, 4.69) is 19.1 Å². The molecule has 1 rings (SSSR count). The van der Waals surface area contributed by atoms with E-state index in [-0.39, 0.29) is 5.91 Å². The molecule has 0 atom stereocenters. The number of unbranched alkanes of at least 4 members (excludes halogenated alkanes) is 16. The van der Waals surface area contributed by atoms with Crippen molar-refractivity contribution >= 4 is 5.91 Å². The minimum atomic E-state index is 0.266. The number of nitrogens with zero attached hydrogens (tertiary/aromatic N) is 1. The van der Waals surface area contributed by atoms with Crippen LogP contribution in [0.4, 0.5) is 0 Å². The van der Waals surface area contributed by atoms with Gasteiger partial charge in [0.05, 0.1) is 0 Å². The summed E-state index contributed by atoms with van der Waals surface area (Å²) in [5, 5.41) is 0. The predicted octanol–water partition coefficient (Wildman–Crippen LogP) is 8.33. The van der Waals surface area contributed by atoms with Crippen LogP contribution in [0.25, 0.3) is 0 Å². The van der Waals surface area contributed by atoms with E-state index in [9.17, 15) is 4.79 Å². The van der Waals surface area contributed by atoms with Crippen molar-refractivity contribution in [3.05, 3.63) is 24.4 Å². The molecule has 0 saturated carbocycles. The highest BCUT2D eigenvalue weighted by molar-refractivity contribution is 5.79. The van der Waals surface area contributed by atoms with Crippen LogP contribution in [-0.4, -0.2) is 17.4 Å². The van der Waals surface area contributed by atoms with Gasteiger partial charge in [0.15, 0.2) is 0 Å². The Morgan fingerprint density at radius 3 is 1.68 bits per heavy atom. The molecule has 2 nitrogen and oxygen atoms in total. The molecule has 1 amide bonds. The summed E-state index contributed by atoms with van der Waals surface area (Å²) >= 11 is 0. The quantitative estimate of drug-likeness (QED) is 0.160. The average molecular weight is 390 g/mol. The molecule has 0 aromatic carbocycles. The van der Waals surface area contributed by atoms with Crippen LogP contribution in [0, 0.1) is 0 Å². The fraction of sp³-hybridized carbons (Fsp3) is 0.808. The summed E-state index contributed by atoms with van der Waals surface area (Å²) in [7, 11) is 0.